The van der Waals surface area contributed by atoms with Crippen LogP contribution in [-0.4, -0.2) is 11.6 Å². The molecule has 1 aromatic heterocycles. The van der Waals surface area contributed by atoms with Crippen molar-refractivity contribution in [3.05, 3.63) is 58.3 Å². The van der Waals surface area contributed by atoms with Gasteiger partial charge in [0.1, 0.15) is 10.4 Å². The van der Waals surface area contributed by atoms with E-state index in [1.165, 1.54) is 5.56 Å². The molecule has 0 fully saturated rings. The zero-order valence-corrected chi connectivity index (χ0v) is 13.4. The molecule has 0 aliphatic carbocycles. The van der Waals surface area contributed by atoms with Crippen molar-refractivity contribution < 1.29 is 4.74 Å². The van der Waals surface area contributed by atoms with Gasteiger partial charge < -0.3 is 10.1 Å². The Labute approximate surface area is 128 Å². The van der Waals surface area contributed by atoms with E-state index in [-0.39, 0.29) is 6.04 Å². The van der Waals surface area contributed by atoms with Crippen molar-refractivity contribution in [2.24, 2.45) is 0 Å². The van der Waals surface area contributed by atoms with Crippen molar-refractivity contribution in [1.29, 1.82) is 0 Å². The fourth-order valence-corrected chi connectivity index (χ4v) is 2.32. The van der Waals surface area contributed by atoms with Crippen LogP contribution < -0.4 is 10.1 Å². The van der Waals surface area contributed by atoms with Crippen molar-refractivity contribution in [3.63, 3.8) is 0 Å². The molecule has 0 bridgehead atoms. The molecule has 2 rings (SSSR count). The van der Waals surface area contributed by atoms with E-state index < -0.39 is 0 Å². The first-order chi connectivity index (χ1) is 9.69. The number of hydrogen-bond acceptors (Lipinski definition) is 3. The van der Waals surface area contributed by atoms with E-state index in [4.69, 9.17) is 4.74 Å². The summed E-state index contributed by atoms with van der Waals surface area (Å²) in [6.07, 6.45) is 0. The first kappa shape index (κ1) is 15.0. The summed E-state index contributed by atoms with van der Waals surface area (Å²) in [6, 6.07) is 14.4. The van der Waals surface area contributed by atoms with Gasteiger partial charge in [0.25, 0.3) is 0 Å². The number of benzene rings is 1. The van der Waals surface area contributed by atoms with E-state index in [2.05, 4.69) is 45.3 Å². The molecule has 2 aromatic rings. The number of hydrogen-bond donors (Lipinski definition) is 1. The van der Waals surface area contributed by atoms with Gasteiger partial charge in [-0.1, -0.05) is 18.2 Å². The highest BCUT2D eigenvalue weighted by atomic mass is 79.9. The summed E-state index contributed by atoms with van der Waals surface area (Å²) in [6.45, 7) is 5.58. The number of halogens is 1. The lowest BCUT2D eigenvalue weighted by molar-refractivity contribution is 0.340. The molecule has 0 amide bonds. The van der Waals surface area contributed by atoms with Crippen molar-refractivity contribution in [1.82, 2.24) is 10.3 Å². The predicted molar refractivity (Wildman–Crippen MR) is 84.8 cm³/mol. The molecule has 1 N–H and O–H groups in total. The topological polar surface area (TPSA) is 34.1 Å². The summed E-state index contributed by atoms with van der Waals surface area (Å²) >= 11 is 3.38. The Morgan fingerprint density at radius 3 is 2.60 bits per heavy atom. The van der Waals surface area contributed by atoms with Crippen molar-refractivity contribution in [2.45, 2.75) is 26.4 Å². The van der Waals surface area contributed by atoms with E-state index >= 15 is 0 Å². The Morgan fingerprint density at radius 1 is 1.20 bits per heavy atom. The molecule has 1 heterocycles. The molecule has 0 spiro atoms. The highest BCUT2D eigenvalue weighted by Gasteiger charge is 2.05. The number of aromatic nitrogens is 1. The maximum absolute atomic E-state index is 5.45. The molecule has 3 nitrogen and oxygen atoms in total. The van der Waals surface area contributed by atoms with Crippen LogP contribution in [0.3, 0.4) is 0 Å². The molecule has 0 aliphatic heterocycles. The van der Waals surface area contributed by atoms with Crippen molar-refractivity contribution in [2.75, 3.05) is 6.61 Å². The Balaban J connectivity index is 1.92. The predicted octanol–water partition coefficient (Wildman–Crippen LogP) is 4.09. The standard InChI is InChI=1S/C16H19BrN2O/c1-3-20-15-9-7-13(8-10-15)12(2)18-11-14-5-4-6-16(17)19-14/h4-10,12,18H,3,11H2,1-2H3. The summed E-state index contributed by atoms with van der Waals surface area (Å²) in [5.41, 5.74) is 2.26. The first-order valence-corrected chi connectivity index (χ1v) is 7.56. The second kappa shape index (κ2) is 7.41. The van der Waals surface area contributed by atoms with Gasteiger partial charge in [-0.05, 0) is 59.6 Å². The number of ether oxygens (including phenoxy) is 1. The largest absolute Gasteiger partial charge is 0.494 e. The minimum absolute atomic E-state index is 0.270. The van der Waals surface area contributed by atoms with Crippen LogP contribution in [0.15, 0.2) is 47.1 Å². The smallest absolute Gasteiger partial charge is 0.119 e. The number of nitrogens with one attached hydrogen (secondary N) is 1. The third-order valence-corrected chi connectivity index (χ3v) is 3.49. The summed E-state index contributed by atoms with van der Waals surface area (Å²) < 4.78 is 6.31. The molecule has 106 valence electrons. The Morgan fingerprint density at radius 2 is 1.95 bits per heavy atom. The SMILES string of the molecule is CCOc1ccc(C(C)NCc2cccc(Br)n2)cc1. The van der Waals surface area contributed by atoms with Gasteiger partial charge in [0.05, 0.1) is 12.3 Å². The lowest BCUT2D eigenvalue weighted by atomic mass is 10.1. The maximum Gasteiger partial charge on any atom is 0.119 e. The zero-order valence-electron chi connectivity index (χ0n) is 11.8. The molecule has 1 atom stereocenters. The first-order valence-electron chi connectivity index (χ1n) is 6.76. The molecule has 0 saturated heterocycles. The molecule has 1 unspecified atom stereocenters. The van der Waals surface area contributed by atoms with Crippen molar-refractivity contribution in [3.8, 4) is 5.75 Å². The fourth-order valence-electron chi connectivity index (χ4n) is 1.94. The molecule has 0 aliphatic rings. The monoisotopic (exact) mass is 334 g/mol. The number of rotatable bonds is 6. The van der Waals surface area contributed by atoms with Crippen LogP contribution in [0.25, 0.3) is 0 Å². The zero-order chi connectivity index (χ0) is 14.4. The quantitative estimate of drug-likeness (QED) is 0.808. The average Bonchev–Trinajstić information content (AvgIpc) is 2.46. The van der Waals surface area contributed by atoms with Gasteiger partial charge >= 0.3 is 0 Å². The molecule has 20 heavy (non-hydrogen) atoms. The van der Waals surface area contributed by atoms with E-state index in [9.17, 15) is 0 Å². The molecule has 1 aromatic carbocycles. The van der Waals surface area contributed by atoms with Gasteiger partial charge in [0.2, 0.25) is 0 Å². The molecular formula is C16H19BrN2O. The second-order valence-corrected chi connectivity index (χ2v) is 5.37. The summed E-state index contributed by atoms with van der Waals surface area (Å²) in [7, 11) is 0. The van der Waals surface area contributed by atoms with Crippen LogP contribution in [-0.2, 0) is 6.54 Å². The molecule has 0 saturated carbocycles. The van der Waals surface area contributed by atoms with Gasteiger partial charge in [-0.15, -0.1) is 0 Å². The lowest BCUT2D eigenvalue weighted by Gasteiger charge is -2.14. The Bertz CT molecular complexity index is 542. The third-order valence-electron chi connectivity index (χ3n) is 3.05. The van der Waals surface area contributed by atoms with Crippen LogP contribution in [0.5, 0.6) is 5.75 Å². The minimum Gasteiger partial charge on any atom is -0.494 e. The maximum atomic E-state index is 5.45. The van der Waals surface area contributed by atoms with Crippen molar-refractivity contribution >= 4 is 15.9 Å². The van der Waals surface area contributed by atoms with Gasteiger partial charge in [-0.3, -0.25) is 0 Å². The van der Waals surface area contributed by atoms with Crippen LogP contribution in [0.1, 0.15) is 31.1 Å². The van der Waals surface area contributed by atoms with Gasteiger partial charge in [0, 0.05) is 12.6 Å². The van der Waals surface area contributed by atoms with Crippen LogP contribution in [0.4, 0.5) is 0 Å². The highest BCUT2D eigenvalue weighted by Crippen LogP contribution is 2.18. The van der Waals surface area contributed by atoms with Crippen LogP contribution in [0, 0.1) is 0 Å². The Kier molecular flexibility index (Phi) is 5.56. The average molecular weight is 335 g/mol. The summed E-state index contributed by atoms with van der Waals surface area (Å²) in [5, 5.41) is 3.47. The summed E-state index contributed by atoms with van der Waals surface area (Å²) in [4.78, 5) is 4.41. The second-order valence-electron chi connectivity index (χ2n) is 4.56. The summed E-state index contributed by atoms with van der Waals surface area (Å²) in [5.74, 6) is 0.914. The molecular weight excluding hydrogens is 316 g/mol. The normalized spacial score (nSPS) is 12.2. The third kappa shape index (κ3) is 4.32. The Hall–Kier alpha value is -1.39. The fraction of sp³-hybridized carbons (Fsp3) is 0.312. The van der Waals surface area contributed by atoms with Gasteiger partial charge in [0.15, 0.2) is 0 Å². The van der Waals surface area contributed by atoms with Gasteiger partial charge in [-0.25, -0.2) is 4.98 Å². The van der Waals surface area contributed by atoms with Gasteiger partial charge in [-0.2, -0.15) is 0 Å². The number of pyridine rings is 1. The van der Waals surface area contributed by atoms with E-state index in [0.717, 1.165) is 22.6 Å². The van der Waals surface area contributed by atoms with Crippen LogP contribution >= 0.6 is 15.9 Å². The van der Waals surface area contributed by atoms with E-state index in [1.54, 1.807) is 0 Å². The number of nitrogens with zero attached hydrogens (tertiary/aromatic N) is 1. The van der Waals surface area contributed by atoms with E-state index in [1.807, 2.05) is 37.3 Å². The minimum atomic E-state index is 0.270. The lowest BCUT2D eigenvalue weighted by Crippen LogP contribution is -2.18. The molecule has 4 heteroatoms. The highest BCUT2D eigenvalue weighted by molar-refractivity contribution is 9.10. The molecule has 0 radical (unpaired) electrons. The van der Waals surface area contributed by atoms with Crippen LogP contribution in [0.2, 0.25) is 0 Å². The van der Waals surface area contributed by atoms with E-state index in [0.29, 0.717) is 6.61 Å².